The molecule has 1 spiro atoms. The van der Waals surface area contributed by atoms with Crippen molar-refractivity contribution in [2.24, 2.45) is 5.41 Å². The third kappa shape index (κ3) is 3.44. The summed E-state index contributed by atoms with van der Waals surface area (Å²) >= 11 is 0. The van der Waals surface area contributed by atoms with E-state index in [1.165, 1.54) is 18.5 Å². The van der Waals surface area contributed by atoms with E-state index >= 15 is 0 Å². The molecule has 1 aromatic carbocycles. The van der Waals surface area contributed by atoms with Crippen LogP contribution in [0, 0.1) is 11.2 Å². The molecular weight excluding hydrogens is 473 g/mol. The molecule has 3 aliphatic heterocycles. The molecule has 7 rings (SSSR count). The largest absolute Gasteiger partial charge is 0.422 e. The number of hydrogen-bond donors (Lipinski definition) is 0. The normalized spacial score (nSPS) is 20.9. The van der Waals surface area contributed by atoms with Crippen molar-refractivity contribution in [1.29, 1.82) is 0 Å². The Morgan fingerprint density at radius 3 is 2.60 bits per heavy atom. The average Bonchev–Trinajstić information content (AvgIpc) is 3.54. The molecule has 0 saturated carbocycles. The first-order valence-corrected chi connectivity index (χ1v) is 13.3. The number of benzene rings is 1. The summed E-state index contributed by atoms with van der Waals surface area (Å²) in [5, 5.41) is 5.46. The molecule has 0 bridgehead atoms. The lowest BCUT2D eigenvalue weighted by atomic mass is 9.79. The van der Waals surface area contributed by atoms with Gasteiger partial charge in [0.15, 0.2) is 15.7 Å². The molecule has 11 heteroatoms. The summed E-state index contributed by atoms with van der Waals surface area (Å²) in [6.07, 6.45) is 4.33. The summed E-state index contributed by atoms with van der Waals surface area (Å²) < 4.78 is 50.5. The highest BCUT2D eigenvalue weighted by molar-refractivity contribution is 7.92. The Balaban J connectivity index is 1.30. The number of sulfone groups is 1. The number of rotatable bonds is 4. The van der Waals surface area contributed by atoms with Crippen molar-refractivity contribution in [2.45, 2.75) is 12.5 Å². The van der Waals surface area contributed by atoms with Crippen LogP contribution in [0.5, 0.6) is 0 Å². The Bertz CT molecular complexity index is 1540. The fourth-order valence-corrected chi connectivity index (χ4v) is 6.67. The second-order valence-electron chi connectivity index (χ2n) is 9.79. The third-order valence-corrected chi connectivity index (χ3v) is 9.02. The molecule has 0 N–H and O–H groups in total. The van der Waals surface area contributed by atoms with Gasteiger partial charge in [0.25, 0.3) is 0 Å². The molecule has 3 aliphatic rings. The van der Waals surface area contributed by atoms with E-state index in [0.717, 1.165) is 44.0 Å². The van der Waals surface area contributed by atoms with Crippen LogP contribution < -0.4 is 4.90 Å². The maximum absolute atomic E-state index is 13.6. The number of hydrogen-bond acceptors (Lipinski definition) is 8. The third-order valence-electron chi connectivity index (χ3n) is 7.24. The van der Waals surface area contributed by atoms with Gasteiger partial charge in [0.2, 0.25) is 5.71 Å². The van der Waals surface area contributed by atoms with Crippen LogP contribution in [0.3, 0.4) is 0 Å². The Kier molecular flexibility index (Phi) is 4.41. The molecule has 3 fully saturated rings. The summed E-state index contributed by atoms with van der Waals surface area (Å²) in [6, 6.07) is 7.79. The number of fused-ring (bicyclic) bond motifs is 1. The first-order chi connectivity index (χ1) is 16.9. The van der Waals surface area contributed by atoms with Crippen molar-refractivity contribution in [3.05, 3.63) is 48.7 Å². The lowest BCUT2D eigenvalue weighted by molar-refractivity contribution is 0.129. The number of ether oxygens (including phenoxy) is 1. The van der Waals surface area contributed by atoms with E-state index < -0.39 is 9.84 Å². The van der Waals surface area contributed by atoms with E-state index in [9.17, 15) is 12.8 Å². The van der Waals surface area contributed by atoms with Crippen molar-refractivity contribution in [2.75, 3.05) is 42.7 Å². The summed E-state index contributed by atoms with van der Waals surface area (Å²) in [4.78, 5) is 11.1. The maximum atomic E-state index is 13.6. The topological polar surface area (TPSA) is 103 Å². The highest BCUT2D eigenvalue weighted by atomic mass is 32.2. The van der Waals surface area contributed by atoms with E-state index in [0.29, 0.717) is 28.2 Å². The summed E-state index contributed by atoms with van der Waals surface area (Å²) in [6.45, 7) is 3.35. The lowest BCUT2D eigenvalue weighted by Gasteiger charge is -2.46. The molecule has 0 amide bonds. The predicted octanol–water partition coefficient (Wildman–Crippen LogP) is 3.09. The average molecular weight is 496 g/mol. The Morgan fingerprint density at radius 1 is 1.09 bits per heavy atom. The van der Waals surface area contributed by atoms with Gasteiger partial charge in [-0.25, -0.2) is 22.8 Å². The van der Waals surface area contributed by atoms with Gasteiger partial charge in [-0.05, 0) is 30.7 Å². The number of nitrogens with zero attached hydrogens (tertiary/aromatic N) is 5. The van der Waals surface area contributed by atoms with E-state index in [2.05, 4.69) is 14.9 Å². The Hall–Kier alpha value is -3.31. The first-order valence-electron chi connectivity index (χ1n) is 11.5. The number of aromatic nitrogens is 4. The Labute approximate surface area is 200 Å². The molecule has 4 aromatic rings. The van der Waals surface area contributed by atoms with Crippen LogP contribution in [0.1, 0.15) is 12.5 Å². The van der Waals surface area contributed by atoms with E-state index in [1.807, 2.05) is 12.3 Å². The van der Waals surface area contributed by atoms with Gasteiger partial charge in [0.05, 0.1) is 35.2 Å². The molecule has 9 nitrogen and oxygen atoms in total. The van der Waals surface area contributed by atoms with Crippen molar-refractivity contribution in [1.82, 2.24) is 19.7 Å². The van der Waals surface area contributed by atoms with Crippen LogP contribution in [0.25, 0.3) is 33.6 Å². The summed E-state index contributed by atoms with van der Waals surface area (Å²) in [7, 11) is -3.03. The zero-order valence-corrected chi connectivity index (χ0v) is 19.5. The van der Waals surface area contributed by atoms with Crippen molar-refractivity contribution < 1.29 is 22.0 Å². The Morgan fingerprint density at radius 2 is 1.89 bits per heavy atom. The van der Waals surface area contributed by atoms with Gasteiger partial charge in [-0.15, -0.1) is 0 Å². The van der Waals surface area contributed by atoms with Crippen LogP contribution >= 0.6 is 0 Å². The maximum Gasteiger partial charge on any atom is 0.232 e. The highest BCUT2D eigenvalue weighted by Crippen LogP contribution is 2.43. The fraction of sp³-hybridized carbons (Fsp3) is 0.375. The quantitative estimate of drug-likeness (QED) is 0.426. The van der Waals surface area contributed by atoms with Gasteiger partial charge in [-0.3, -0.25) is 4.68 Å². The molecule has 0 radical (unpaired) electrons. The minimum atomic E-state index is -3.03. The van der Waals surface area contributed by atoms with Gasteiger partial charge < -0.3 is 14.1 Å². The molecule has 0 unspecified atom stereocenters. The SMILES string of the molecule is O=S1(=O)CC(n2cc(-c3ncnc4oc(N5CC6(CCOC6)C5)cc34)c(-c3ccc(F)cc3)n2)C1. The minimum Gasteiger partial charge on any atom is -0.422 e. The molecule has 0 aliphatic carbocycles. The highest BCUT2D eigenvalue weighted by Gasteiger charge is 2.47. The molecule has 3 saturated heterocycles. The van der Waals surface area contributed by atoms with Gasteiger partial charge in [0.1, 0.15) is 17.8 Å². The van der Waals surface area contributed by atoms with Gasteiger partial charge in [-0.2, -0.15) is 5.10 Å². The van der Waals surface area contributed by atoms with Crippen molar-refractivity contribution in [3.63, 3.8) is 0 Å². The van der Waals surface area contributed by atoms with E-state index in [4.69, 9.17) is 14.3 Å². The van der Waals surface area contributed by atoms with E-state index in [-0.39, 0.29) is 28.8 Å². The van der Waals surface area contributed by atoms with Crippen LogP contribution in [-0.2, 0) is 14.6 Å². The van der Waals surface area contributed by atoms with Gasteiger partial charge in [-0.1, -0.05) is 0 Å². The molecule has 180 valence electrons. The molecule has 3 aromatic heterocycles. The predicted molar refractivity (Wildman–Crippen MR) is 126 cm³/mol. The van der Waals surface area contributed by atoms with Gasteiger partial charge in [0, 0.05) is 48.5 Å². The zero-order chi connectivity index (χ0) is 23.8. The second-order valence-corrected chi connectivity index (χ2v) is 11.9. The number of anilines is 1. The van der Waals surface area contributed by atoms with Crippen LogP contribution in [0.4, 0.5) is 10.3 Å². The standard InChI is InChI=1S/C24H22FN5O4S/c25-16-3-1-15(2-4-16)21-19(8-30(28-21)17-9-35(31,32)10-17)22-18-7-20(34-23(18)27-14-26-22)29-11-24(12-29)5-6-33-13-24/h1-4,7-8,14,17H,5-6,9-13H2. The van der Waals surface area contributed by atoms with Crippen LogP contribution in [0.2, 0.25) is 0 Å². The molecule has 35 heavy (non-hydrogen) atoms. The summed E-state index contributed by atoms with van der Waals surface area (Å²) in [5.74, 6) is 0.489. The van der Waals surface area contributed by atoms with Crippen LogP contribution in [0.15, 0.2) is 47.3 Å². The first kappa shape index (κ1) is 21.0. The lowest BCUT2D eigenvalue weighted by Crippen LogP contribution is -2.56. The molecule has 0 atom stereocenters. The van der Waals surface area contributed by atoms with Crippen molar-refractivity contribution >= 4 is 26.8 Å². The smallest absolute Gasteiger partial charge is 0.232 e. The minimum absolute atomic E-state index is 0.0481. The van der Waals surface area contributed by atoms with E-state index in [1.54, 1.807) is 16.8 Å². The number of halogens is 1. The molecule has 6 heterocycles. The zero-order valence-electron chi connectivity index (χ0n) is 18.7. The van der Waals surface area contributed by atoms with Crippen molar-refractivity contribution in [3.8, 4) is 22.5 Å². The summed E-state index contributed by atoms with van der Waals surface area (Å²) in [5.41, 5.74) is 3.35. The fourth-order valence-electron chi connectivity index (χ4n) is 5.29. The van der Waals surface area contributed by atoms with Crippen LogP contribution in [-0.4, -0.2) is 66.0 Å². The molecular formula is C24H22FN5O4S. The second kappa shape index (κ2) is 7.34. The number of furan rings is 1. The monoisotopic (exact) mass is 495 g/mol. The van der Waals surface area contributed by atoms with Gasteiger partial charge >= 0.3 is 0 Å².